The first-order valence-electron chi connectivity index (χ1n) is 5.44. The van der Waals surface area contributed by atoms with Crippen molar-refractivity contribution >= 4 is 5.97 Å². The van der Waals surface area contributed by atoms with E-state index in [0.717, 1.165) is 5.69 Å². The van der Waals surface area contributed by atoms with Crippen molar-refractivity contribution in [3.8, 4) is 0 Å². The molecule has 1 aromatic heterocycles. The van der Waals surface area contributed by atoms with Gasteiger partial charge < -0.3 is 4.74 Å². The molecule has 0 saturated heterocycles. The van der Waals surface area contributed by atoms with Gasteiger partial charge in [-0.15, -0.1) is 0 Å². The SMILES string of the molecule is C[C@H](OC(=O)c1ccccc1)c1ccccn1. The van der Waals surface area contributed by atoms with Gasteiger partial charge in [-0.25, -0.2) is 4.79 Å². The number of esters is 1. The van der Waals surface area contributed by atoms with E-state index in [-0.39, 0.29) is 12.1 Å². The molecule has 0 bridgehead atoms. The monoisotopic (exact) mass is 227 g/mol. The molecule has 1 heterocycles. The predicted octanol–water partition coefficient (Wildman–Crippen LogP) is 3.00. The summed E-state index contributed by atoms with van der Waals surface area (Å²) in [5.41, 5.74) is 1.30. The van der Waals surface area contributed by atoms with Gasteiger partial charge >= 0.3 is 5.97 Å². The van der Waals surface area contributed by atoms with E-state index < -0.39 is 0 Å². The smallest absolute Gasteiger partial charge is 0.338 e. The van der Waals surface area contributed by atoms with Gasteiger partial charge in [0.05, 0.1) is 11.3 Å². The second-order valence-corrected chi connectivity index (χ2v) is 3.67. The second kappa shape index (κ2) is 5.25. The molecule has 0 unspecified atom stereocenters. The largest absolute Gasteiger partial charge is 0.453 e. The van der Waals surface area contributed by atoms with Gasteiger partial charge in [-0.3, -0.25) is 4.98 Å². The van der Waals surface area contributed by atoms with E-state index in [1.54, 1.807) is 18.3 Å². The summed E-state index contributed by atoms with van der Waals surface area (Å²) in [5, 5.41) is 0. The Bertz CT molecular complexity index is 482. The van der Waals surface area contributed by atoms with Gasteiger partial charge in [0.2, 0.25) is 0 Å². The Morgan fingerprint density at radius 3 is 2.47 bits per heavy atom. The van der Waals surface area contributed by atoms with Crippen LogP contribution in [0.25, 0.3) is 0 Å². The summed E-state index contributed by atoms with van der Waals surface area (Å²) in [6.45, 7) is 1.81. The number of carbonyl (C=O) groups is 1. The van der Waals surface area contributed by atoms with Crippen molar-refractivity contribution in [2.24, 2.45) is 0 Å². The first-order valence-corrected chi connectivity index (χ1v) is 5.44. The Morgan fingerprint density at radius 2 is 1.82 bits per heavy atom. The number of aromatic nitrogens is 1. The lowest BCUT2D eigenvalue weighted by molar-refractivity contribution is 0.0329. The summed E-state index contributed by atoms with van der Waals surface area (Å²) >= 11 is 0. The number of carbonyl (C=O) groups excluding carboxylic acids is 1. The van der Waals surface area contributed by atoms with E-state index in [9.17, 15) is 4.79 Å². The molecule has 3 heteroatoms. The molecule has 0 aliphatic rings. The number of nitrogens with zero attached hydrogens (tertiary/aromatic N) is 1. The number of rotatable bonds is 3. The lowest BCUT2D eigenvalue weighted by atomic mass is 10.2. The highest BCUT2D eigenvalue weighted by molar-refractivity contribution is 5.89. The normalized spacial score (nSPS) is 11.8. The molecule has 0 amide bonds. The van der Waals surface area contributed by atoms with Crippen molar-refractivity contribution in [3.63, 3.8) is 0 Å². The third kappa shape index (κ3) is 2.91. The molecular formula is C14H13NO2. The predicted molar refractivity (Wildman–Crippen MR) is 64.5 cm³/mol. The van der Waals surface area contributed by atoms with Crippen LogP contribution in [0.2, 0.25) is 0 Å². The van der Waals surface area contributed by atoms with Crippen molar-refractivity contribution in [1.29, 1.82) is 0 Å². The molecule has 1 atom stereocenters. The molecule has 2 aromatic rings. The van der Waals surface area contributed by atoms with Gasteiger partial charge in [0.1, 0.15) is 6.10 Å². The Hall–Kier alpha value is -2.16. The number of hydrogen-bond donors (Lipinski definition) is 0. The van der Waals surface area contributed by atoms with Crippen LogP contribution < -0.4 is 0 Å². The average Bonchev–Trinajstić information content (AvgIpc) is 2.40. The first kappa shape index (κ1) is 11.3. The maximum atomic E-state index is 11.8. The number of benzene rings is 1. The molecule has 86 valence electrons. The molecule has 3 nitrogen and oxygen atoms in total. The molecule has 0 N–H and O–H groups in total. The molecule has 0 spiro atoms. The average molecular weight is 227 g/mol. The number of ether oxygens (including phenoxy) is 1. The first-order chi connectivity index (χ1) is 8.27. The van der Waals surface area contributed by atoms with Gasteiger partial charge in [0.25, 0.3) is 0 Å². The van der Waals surface area contributed by atoms with Crippen LogP contribution in [-0.4, -0.2) is 11.0 Å². The third-order valence-corrected chi connectivity index (χ3v) is 2.40. The lowest BCUT2D eigenvalue weighted by Crippen LogP contribution is -2.10. The van der Waals surface area contributed by atoms with E-state index in [0.29, 0.717) is 5.56 Å². The fourth-order valence-corrected chi connectivity index (χ4v) is 1.48. The fraction of sp³-hybridized carbons (Fsp3) is 0.143. The second-order valence-electron chi connectivity index (χ2n) is 3.67. The van der Waals surface area contributed by atoms with Crippen LogP contribution in [-0.2, 0) is 4.74 Å². The third-order valence-electron chi connectivity index (χ3n) is 2.40. The zero-order chi connectivity index (χ0) is 12.1. The lowest BCUT2D eigenvalue weighted by Gasteiger charge is -2.12. The Kier molecular flexibility index (Phi) is 3.50. The molecular weight excluding hydrogens is 214 g/mol. The Morgan fingerprint density at radius 1 is 1.12 bits per heavy atom. The molecule has 0 fully saturated rings. The summed E-state index contributed by atoms with van der Waals surface area (Å²) in [6.07, 6.45) is 1.34. The van der Waals surface area contributed by atoms with E-state index in [1.807, 2.05) is 43.3 Å². The number of hydrogen-bond acceptors (Lipinski definition) is 3. The van der Waals surface area contributed by atoms with Crippen LogP contribution in [0.1, 0.15) is 29.1 Å². The summed E-state index contributed by atoms with van der Waals surface area (Å²) in [6, 6.07) is 14.5. The highest BCUT2D eigenvalue weighted by Crippen LogP contribution is 2.15. The quantitative estimate of drug-likeness (QED) is 0.757. The highest BCUT2D eigenvalue weighted by atomic mass is 16.5. The van der Waals surface area contributed by atoms with Gasteiger partial charge in [-0.05, 0) is 31.2 Å². The molecule has 0 aliphatic heterocycles. The van der Waals surface area contributed by atoms with Crippen molar-refractivity contribution in [2.75, 3.05) is 0 Å². The van der Waals surface area contributed by atoms with Crippen molar-refractivity contribution < 1.29 is 9.53 Å². The molecule has 2 rings (SSSR count). The molecule has 0 radical (unpaired) electrons. The van der Waals surface area contributed by atoms with Gasteiger partial charge in [0, 0.05) is 6.20 Å². The van der Waals surface area contributed by atoms with E-state index in [2.05, 4.69) is 4.98 Å². The number of pyridine rings is 1. The topological polar surface area (TPSA) is 39.2 Å². The summed E-state index contributed by atoms with van der Waals surface area (Å²) in [4.78, 5) is 15.9. The Labute approximate surface area is 100 Å². The van der Waals surface area contributed by atoms with E-state index >= 15 is 0 Å². The van der Waals surface area contributed by atoms with E-state index in [4.69, 9.17) is 4.74 Å². The maximum absolute atomic E-state index is 11.8. The fourth-order valence-electron chi connectivity index (χ4n) is 1.48. The van der Waals surface area contributed by atoms with Crippen LogP contribution in [0.4, 0.5) is 0 Å². The molecule has 0 saturated carbocycles. The minimum atomic E-state index is -0.344. The summed E-state index contributed by atoms with van der Waals surface area (Å²) < 4.78 is 5.32. The maximum Gasteiger partial charge on any atom is 0.338 e. The highest BCUT2D eigenvalue weighted by Gasteiger charge is 2.13. The van der Waals surface area contributed by atoms with Crippen molar-refractivity contribution in [2.45, 2.75) is 13.0 Å². The van der Waals surface area contributed by atoms with Gasteiger partial charge in [0.15, 0.2) is 0 Å². The molecule has 1 aromatic carbocycles. The van der Waals surface area contributed by atoms with Crippen molar-refractivity contribution in [1.82, 2.24) is 4.98 Å². The molecule has 17 heavy (non-hydrogen) atoms. The van der Waals surface area contributed by atoms with Gasteiger partial charge in [-0.1, -0.05) is 24.3 Å². The summed E-state index contributed by atoms with van der Waals surface area (Å²) in [5.74, 6) is -0.330. The van der Waals surface area contributed by atoms with Crippen LogP contribution >= 0.6 is 0 Å². The van der Waals surface area contributed by atoms with Gasteiger partial charge in [-0.2, -0.15) is 0 Å². The Balaban J connectivity index is 2.05. The zero-order valence-corrected chi connectivity index (χ0v) is 9.54. The summed E-state index contributed by atoms with van der Waals surface area (Å²) in [7, 11) is 0. The molecule has 0 aliphatic carbocycles. The van der Waals surface area contributed by atoms with Crippen LogP contribution in [0.5, 0.6) is 0 Å². The van der Waals surface area contributed by atoms with Crippen LogP contribution in [0.15, 0.2) is 54.7 Å². The van der Waals surface area contributed by atoms with Crippen LogP contribution in [0, 0.1) is 0 Å². The standard InChI is InChI=1S/C14H13NO2/c1-11(13-9-5-6-10-15-13)17-14(16)12-7-3-2-4-8-12/h2-11H,1H3/t11-/m0/s1. The van der Waals surface area contributed by atoms with Crippen LogP contribution in [0.3, 0.4) is 0 Å². The zero-order valence-electron chi connectivity index (χ0n) is 9.54. The minimum absolute atomic E-state index is 0.330. The van der Waals surface area contributed by atoms with Crippen molar-refractivity contribution in [3.05, 3.63) is 66.0 Å². The minimum Gasteiger partial charge on any atom is -0.453 e. The van der Waals surface area contributed by atoms with E-state index in [1.165, 1.54) is 0 Å².